The number of hydrogen-bond donors (Lipinski definition) is 1. The first-order valence-corrected chi connectivity index (χ1v) is 9.54. The van der Waals surface area contributed by atoms with E-state index in [1.54, 1.807) is 11.3 Å². The second kappa shape index (κ2) is 6.58. The predicted octanol–water partition coefficient (Wildman–Crippen LogP) is 4.94. The molecule has 1 aliphatic rings. The Bertz CT molecular complexity index is 870. The second-order valence-electron chi connectivity index (χ2n) is 6.36. The van der Waals surface area contributed by atoms with Crippen molar-refractivity contribution in [3.8, 4) is 0 Å². The SMILES string of the molecule is Cc1cc(C)cc(N2C(=S)N[C@H](c3ccccn3)[C@H]2c2cccs2)c1. The molecule has 1 aliphatic heterocycles. The molecule has 25 heavy (non-hydrogen) atoms. The maximum Gasteiger partial charge on any atom is 0.174 e. The summed E-state index contributed by atoms with van der Waals surface area (Å²) in [6.07, 6.45) is 1.84. The minimum Gasteiger partial charge on any atom is -0.351 e. The highest BCUT2D eigenvalue weighted by atomic mass is 32.1. The Hall–Kier alpha value is -2.24. The molecule has 1 N–H and O–H groups in total. The van der Waals surface area contributed by atoms with Gasteiger partial charge in [0.15, 0.2) is 5.11 Å². The van der Waals surface area contributed by atoms with E-state index >= 15 is 0 Å². The zero-order chi connectivity index (χ0) is 17.4. The number of nitrogens with zero attached hydrogens (tertiary/aromatic N) is 2. The van der Waals surface area contributed by atoms with Crippen molar-refractivity contribution in [2.24, 2.45) is 0 Å². The van der Waals surface area contributed by atoms with Crippen molar-refractivity contribution < 1.29 is 0 Å². The first-order chi connectivity index (χ1) is 12.1. The van der Waals surface area contributed by atoms with Gasteiger partial charge in [-0.15, -0.1) is 11.3 Å². The molecule has 2 aromatic heterocycles. The molecule has 5 heteroatoms. The van der Waals surface area contributed by atoms with Crippen LogP contribution >= 0.6 is 23.6 Å². The molecule has 1 aromatic carbocycles. The third-order valence-electron chi connectivity index (χ3n) is 4.42. The van der Waals surface area contributed by atoms with Crippen LogP contribution in [0.4, 0.5) is 5.69 Å². The van der Waals surface area contributed by atoms with Crippen LogP contribution in [-0.4, -0.2) is 10.1 Å². The number of rotatable bonds is 3. The molecular formula is C20H19N3S2. The summed E-state index contributed by atoms with van der Waals surface area (Å²) in [5, 5.41) is 6.36. The Morgan fingerprint density at radius 1 is 1.08 bits per heavy atom. The fraction of sp³-hybridized carbons (Fsp3) is 0.200. The van der Waals surface area contributed by atoms with E-state index < -0.39 is 0 Å². The molecule has 2 atom stereocenters. The average molecular weight is 366 g/mol. The van der Waals surface area contributed by atoms with Crippen molar-refractivity contribution in [3.05, 3.63) is 81.8 Å². The quantitative estimate of drug-likeness (QED) is 0.666. The maximum atomic E-state index is 5.73. The molecule has 1 saturated heterocycles. The Balaban J connectivity index is 1.83. The van der Waals surface area contributed by atoms with E-state index in [1.165, 1.54) is 16.0 Å². The third kappa shape index (κ3) is 3.05. The topological polar surface area (TPSA) is 28.2 Å². The van der Waals surface area contributed by atoms with Crippen molar-refractivity contribution in [3.63, 3.8) is 0 Å². The highest BCUT2D eigenvalue weighted by Gasteiger charge is 2.41. The lowest BCUT2D eigenvalue weighted by Gasteiger charge is -2.27. The number of aromatic nitrogens is 1. The van der Waals surface area contributed by atoms with Crippen LogP contribution in [0.3, 0.4) is 0 Å². The fourth-order valence-corrected chi connectivity index (χ4v) is 4.67. The van der Waals surface area contributed by atoms with E-state index in [2.05, 4.69) is 70.8 Å². The number of thiophene rings is 1. The number of benzene rings is 1. The Kier molecular flexibility index (Phi) is 4.27. The van der Waals surface area contributed by atoms with Crippen molar-refractivity contribution in [2.75, 3.05) is 4.90 Å². The van der Waals surface area contributed by atoms with Crippen molar-refractivity contribution in [1.82, 2.24) is 10.3 Å². The van der Waals surface area contributed by atoms with Crippen LogP contribution in [0.25, 0.3) is 0 Å². The van der Waals surface area contributed by atoms with E-state index in [1.807, 2.05) is 18.3 Å². The fourth-order valence-electron chi connectivity index (χ4n) is 3.47. The van der Waals surface area contributed by atoms with Gasteiger partial charge >= 0.3 is 0 Å². The van der Waals surface area contributed by atoms with Crippen LogP contribution in [-0.2, 0) is 0 Å². The number of hydrogen-bond acceptors (Lipinski definition) is 3. The second-order valence-corrected chi connectivity index (χ2v) is 7.72. The molecule has 4 rings (SSSR count). The zero-order valence-corrected chi connectivity index (χ0v) is 15.8. The molecule has 3 heterocycles. The summed E-state index contributed by atoms with van der Waals surface area (Å²) >= 11 is 7.49. The molecule has 0 unspecified atom stereocenters. The van der Waals surface area contributed by atoms with Crippen LogP contribution in [0.5, 0.6) is 0 Å². The van der Waals surface area contributed by atoms with E-state index in [4.69, 9.17) is 12.2 Å². The Morgan fingerprint density at radius 3 is 2.52 bits per heavy atom. The highest BCUT2D eigenvalue weighted by molar-refractivity contribution is 7.80. The van der Waals surface area contributed by atoms with Crippen molar-refractivity contribution >= 4 is 34.4 Å². The summed E-state index contributed by atoms with van der Waals surface area (Å²) < 4.78 is 0. The lowest BCUT2D eigenvalue weighted by molar-refractivity contribution is 0.575. The minimum absolute atomic E-state index is 0.0353. The van der Waals surface area contributed by atoms with E-state index in [0.29, 0.717) is 0 Å². The molecule has 3 aromatic rings. The average Bonchev–Trinajstić information content (AvgIpc) is 3.22. The standard InChI is InChI=1S/C20H19N3S2/c1-13-10-14(2)12-15(11-13)23-19(17-7-5-9-25-17)18(22-20(23)24)16-6-3-4-8-21-16/h3-12,18-19H,1-2H3,(H,22,24)/t18-,19-/m1/s1. The number of aryl methyl sites for hydroxylation is 2. The number of pyridine rings is 1. The van der Waals surface area contributed by atoms with Crippen LogP contribution in [0, 0.1) is 13.8 Å². The molecule has 0 aliphatic carbocycles. The maximum absolute atomic E-state index is 5.73. The highest BCUT2D eigenvalue weighted by Crippen LogP contribution is 2.43. The van der Waals surface area contributed by atoms with Gasteiger partial charge in [0.2, 0.25) is 0 Å². The van der Waals surface area contributed by atoms with Gasteiger partial charge in [0, 0.05) is 16.8 Å². The van der Waals surface area contributed by atoms with Gasteiger partial charge in [-0.05, 0) is 72.9 Å². The minimum atomic E-state index is 0.0353. The number of nitrogens with one attached hydrogen (secondary N) is 1. The van der Waals surface area contributed by atoms with E-state index in [-0.39, 0.29) is 12.1 Å². The molecule has 0 amide bonds. The number of thiocarbonyl (C=S) groups is 1. The molecule has 0 bridgehead atoms. The van der Waals surface area contributed by atoms with Gasteiger partial charge in [0.1, 0.15) is 0 Å². The molecule has 1 fully saturated rings. The van der Waals surface area contributed by atoms with Crippen LogP contribution in [0.2, 0.25) is 0 Å². The monoisotopic (exact) mass is 365 g/mol. The summed E-state index contributed by atoms with van der Waals surface area (Å²) in [7, 11) is 0. The molecule has 0 spiro atoms. The van der Waals surface area contributed by atoms with Gasteiger partial charge < -0.3 is 10.2 Å². The Labute approximate surface area is 157 Å². The summed E-state index contributed by atoms with van der Waals surface area (Å²) in [6.45, 7) is 4.25. The third-order valence-corrected chi connectivity index (χ3v) is 5.67. The molecule has 0 radical (unpaired) electrons. The summed E-state index contributed by atoms with van der Waals surface area (Å²) in [4.78, 5) is 8.09. The largest absolute Gasteiger partial charge is 0.351 e. The first-order valence-electron chi connectivity index (χ1n) is 8.26. The zero-order valence-electron chi connectivity index (χ0n) is 14.1. The van der Waals surface area contributed by atoms with E-state index in [0.717, 1.165) is 16.5 Å². The molecular weight excluding hydrogens is 346 g/mol. The van der Waals surface area contributed by atoms with E-state index in [9.17, 15) is 0 Å². The molecule has 0 saturated carbocycles. The number of anilines is 1. The van der Waals surface area contributed by atoms with Gasteiger partial charge in [-0.3, -0.25) is 4.98 Å². The normalized spacial score (nSPS) is 19.9. The first kappa shape index (κ1) is 16.2. The smallest absolute Gasteiger partial charge is 0.174 e. The van der Waals surface area contributed by atoms with Gasteiger partial charge in [0.25, 0.3) is 0 Å². The summed E-state index contributed by atoms with van der Waals surface area (Å²) in [5.74, 6) is 0. The summed E-state index contributed by atoms with van der Waals surface area (Å²) in [6, 6.07) is 17.0. The van der Waals surface area contributed by atoms with Crippen LogP contribution in [0.1, 0.15) is 33.8 Å². The lowest BCUT2D eigenvalue weighted by Crippen LogP contribution is -2.29. The Morgan fingerprint density at radius 2 is 1.88 bits per heavy atom. The summed E-state index contributed by atoms with van der Waals surface area (Å²) in [5.41, 5.74) is 4.62. The lowest BCUT2D eigenvalue weighted by atomic mass is 10.0. The van der Waals surface area contributed by atoms with Crippen molar-refractivity contribution in [1.29, 1.82) is 0 Å². The predicted molar refractivity (Wildman–Crippen MR) is 108 cm³/mol. The van der Waals surface area contributed by atoms with Crippen LogP contribution in [0.15, 0.2) is 60.1 Å². The molecule has 126 valence electrons. The molecule has 3 nitrogen and oxygen atoms in total. The van der Waals surface area contributed by atoms with Gasteiger partial charge in [-0.25, -0.2) is 0 Å². The van der Waals surface area contributed by atoms with Gasteiger partial charge in [-0.1, -0.05) is 18.2 Å². The van der Waals surface area contributed by atoms with Gasteiger partial charge in [0.05, 0.1) is 17.8 Å². The van der Waals surface area contributed by atoms with Crippen LogP contribution < -0.4 is 10.2 Å². The van der Waals surface area contributed by atoms with Crippen molar-refractivity contribution in [2.45, 2.75) is 25.9 Å². The van der Waals surface area contributed by atoms with Gasteiger partial charge in [-0.2, -0.15) is 0 Å².